The molecule has 0 saturated heterocycles. The first-order valence-electron chi connectivity index (χ1n) is 8.83. The topological polar surface area (TPSA) is 54.9 Å². The third-order valence-electron chi connectivity index (χ3n) is 4.40. The fraction of sp³-hybridized carbons (Fsp3) is 0.350. The Bertz CT molecular complexity index is 1130. The van der Waals surface area contributed by atoms with Crippen LogP contribution in [-0.4, -0.2) is 27.5 Å². The molecular formula is C20H17F6N3O. The van der Waals surface area contributed by atoms with Crippen LogP contribution in [0.3, 0.4) is 0 Å². The van der Waals surface area contributed by atoms with Crippen LogP contribution in [0.1, 0.15) is 42.3 Å². The van der Waals surface area contributed by atoms with E-state index in [2.05, 4.69) is 15.3 Å². The summed E-state index contributed by atoms with van der Waals surface area (Å²) in [6, 6.07) is 3.12. The third-order valence-corrected chi connectivity index (χ3v) is 4.40. The molecule has 0 aliphatic carbocycles. The van der Waals surface area contributed by atoms with Gasteiger partial charge in [0.15, 0.2) is 0 Å². The Morgan fingerprint density at radius 1 is 1.00 bits per heavy atom. The van der Waals surface area contributed by atoms with Crippen molar-refractivity contribution in [1.29, 1.82) is 0 Å². The first-order valence-corrected chi connectivity index (χ1v) is 8.83. The predicted octanol–water partition coefficient (Wildman–Crippen LogP) is 5.43. The third kappa shape index (κ3) is 4.23. The van der Waals surface area contributed by atoms with Crippen LogP contribution >= 0.6 is 0 Å². The second-order valence-corrected chi connectivity index (χ2v) is 7.81. The van der Waals surface area contributed by atoms with Gasteiger partial charge in [0.2, 0.25) is 0 Å². The van der Waals surface area contributed by atoms with E-state index in [4.69, 9.17) is 0 Å². The van der Waals surface area contributed by atoms with Crippen LogP contribution in [0.15, 0.2) is 30.6 Å². The van der Waals surface area contributed by atoms with Gasteiger partial charge in [0, 0.05) is 40.8 Å². The van der Waals surface area contributed by atoms with E-state index < -0.39 is 40.2 Å². The van der Waals surface area contributed by atoms with Crippen molar-refractivity contribution in [1.82, 2.24) is 15.3 Å². The van der Waals surface area contributed by atoms with Crippen molar-refractivity contribution in [3.8, 4) is 0 Å². The summed E-state index contributed by atoms with van der Waals surface area (Å²) in [5, 5.41) is 2.09. The normalized spacial score (nSPS) is 13.2. The summed E-state index contributed by atoms with van der Waals surface area (Å²) < 4.78 is 81.3. The van der Waals surface area contributed by atoms with Crippen LogP contribution in [-0.2, 0) is 12.7 Å². The largest absolute Gasteiger partial charge is 0.454 e. The van der Waals surface area contributed by atoms with E-state index >= 15 is 0 Å². The standard InChI is InChI=1S/C20H17F6N3O/c1-18(2,3)29-9-10-8-28-16-13(14(10)19(21,22)23)7-12(17(30)20(24,25)26)11-5-4-6-27-15(11)16/h4-8,29H,9H2,1-3H3. The van der Waals surface area contributed by atoms with Gasteiger partial charge in [-0.05, 0) is 38.5 Å². The summed E-state index contributed by atoms with van der Waals surface area (Å²) in [6.07, 6.45) is -7.90. The van der Waals surface area contributed by atoms with Gasteiger partial charge in [0.05, 0.1) is 16.6 Å². The van der Waals surface area contributed by atoms with Gasteiger partial charge in [0.1, 0.15) is 0 Å². The van der Waals surface area contributed by atoms with Gasteiger partial charge in [-0.25, -0.2) is 0 Å². The summed E-state index contributed by atoms with van der Waals surface area (Å²) in [5.74, 6) is -2.24. The maximum atomic E-state index is 14.0. The molecule has 4 nitrogen and oxygen atoms in total. The van der Waals surface area contributed by atoms with Crippen LogP contribution in [0.4, 0.5) is 26.3 Å². The Hall–Kier alpha value is -2.75. The number of Topliss-reactive ketones (excluding diaryl/α,β-unsaturated/α-hetero) is 1. The van der Waals surface area contributed by atoms with Crippen molar-refractivity contribution in [2.45, 2.75) is 45.2 Å². The maximum absolute atomic E-state index is 14.0. The number of nitrogens with zero attached hydrogens (tertiary/aromatic N) is 2. The van der Waals surface area contributed by atoms with Crippen LogP contribution in [0.5, 0.6) is 0 Å². The molecule has 0 aliphatic heterocycles. The van der Waals surface area contributed by atoms with E-state index in [0.29, 0.717) is 6.07 Å². The van der Waals surface area contributed by atoms with Crippen molar-refractivity contribution in [2.24, 2.45) is 0 Å². The fourth-order valence-electron chi connectivity index (χ4n) is 3.10. The number of benzene rings is 1. The van der Waals surface area contributed by atoms with E-state index in [1.54, 1.807) is 20.8 Å². The molecule has 0 fully saturated rings. The fourth-order valence-corrected chi connectivity index (χ4v) is 3.10. The molecule has 160 valence electrons. The van der Waals surface area contributed by atoms with Crippen LogP contribution in [0, 0.1) is 0 Å². The van der Waals surface area contributed by atoms with E-state index in [1.807, 2.05) is 0 Å². The number of hydrogen-bond donors (Lipinski definition) is 1. The number of aromatic nitrogens is 2. The molecule has 0 radical (unpaired) electrons. The summed E-state index contributed by atoms with van der Waals surface area (Å²) in [4.78, 5) is 19.9. The highest BCUT2D eigenvalue weighted by atomic mass is 19.4. The number of fused-ring (bicyclic) bond motifs is 3. The average Bonchev–Trinajstić information content (AvgIpc) is 2.62. The highest BCUT2D eigenvalue weighted by molar-refractivity contribution is 6.17. The number of alkyl halides is 6. The average molecular weight is 429 g/mol. The number of nitrogens with one attached hydrogen (secondary N) is 1. The Balaban J connectivity index is 2.40. The number of carbonyl (C=O) groups excluding carboxylic acids is 1. The molecule has 1 aromatic carbocycles. The lowest BCUT2D eigenvalue weighted by molar-refractivity contribution is -0.137. The van der Waals surface area contributed by atoms with Gasteiger partial charge in [0.25, 0.3) is 5.78 Å². The number of carbonyl (C=O) groups is 1. The monoisotopic (exact) mass is 429 g/mol. The first kappa shape index (κ1) is 21.9. The molecule has 1 N–H and O–H groups in total. The zero-order valence-corrected chi connectivity index (χ0v) is 16.2. The molecule has 0 amide bonds. The lowest BCUT2D eigenvalue weighted by atomic mass is 9.95. The molecule has 3 rings (SSSR count). The highest BCUT2D eigenvalue weighted by Gasteiger charge is 2.42. The van der Waals surface area contributed by atoms with Gasteiger partial charge < -0.3 is 5.32 Å². The van der Waals surface area contributed by atoms with Crippen molar-refractivity contribution in [2.75, 3.05) is 0 Å². The predicted molar refractivity (Wildman–Crippen MR) is 99.0 cm³/mol. The Kier molecular flexibility index (Phi) is 5.26. The van der Waals surface area contributed by atoms with E-state index in [9.17, 15) is 31.1 Å². The summed E-state index contributed by atoms with van der Waals surface area (Å²) >= 11 is 0. The zero-order chi connectivity index (χ0) is 22.5. The van der Waals surface area contributed by atoms with Crippen molar-refractivity contribution in [3.63, 3.8) is 0 Å². The number of rotatable bonds is 3. The summed E-state index contributed by atoms with van der Waals surface area (Å²) in [6.45, 7) is 5.05. The Labute approximate surface area is 167 Å². The SMILES string of the molecule is CC(C)(C)NCc1cnc2c(cc(C(=O)C(F)(F)F)c3cccnc32)c1C(F)(F)F. The molecule has 0 saturated carbocycles. The van der Waals surface area contributed by atoms with Crippen molar-refractivity contribution >= 4 is 27.6 Å². The minimum Gasteiger partial charge on any atom is -0.308 e. The van der Waals surface area contributed by atoms with Gasteiger partial charge in [-0.2, -0.15) is 26.3 Å². The smallest absolute Gasteiger partial charge is 0.308 e. The van der Waals surface area contributed by atoms with Gasteiger partial charge in [-0.3, -0.25) is 14.8 Å². The first-order chi connectivity index (χ1) is 13.7. The Morgan fingerprint density at radius 3 is 2.20 bits per heavy atom. The molecule has 0 spiro atoms. The molecule has 10 heteroatoms. The maximum Gasteiger partial charge on any atom is 0.454 e. The Morgan fingerprint density at radius 2 is 1.63 bits per heavy atom. The number of halogens is 6. The van der Waals surface area contributed by atoms with Gasteiger partial charge >= 0.3 is 12.4 Å². The molecule has 0 atom stereocenters. The minimum atomic E-state index is -5.26. The van der Waals surface area contributed by atoms with Crippen molar-refractivity contribution < 1.29 is 31.1 Å². The van der Waals surface area contributed by atoms with E-state index in [0.717, 1.165) is 6.20 Å². The summed E-state index contributed by atoms with van der Waals surface area (Å²) in [7, 11) is 0. The molecular weight excluding hydrogens is 412 g/mol. The molecule has 0 unspecified atom stereocenters. The second kappa shape index (κ2) is 7.19. The highest BCUT2D eigenvalue weighted by Crippen LogP contribution is 2.40. The molecule has 0 aliphatic rings. The second-order valence-electron chi connectivity index (χ2n) is 7.81. The molecule has 2 aromatic heterocycles. The molecule has 3 aromatic rings. The van der Waals surface area contributed by atoms with E-state index in [-0.39, 0.29) is 28.5 Å². The molecule has 0 bridgehead atoms. The minimum absolute atomic E-state index is 0.205. The summed E-state index contributed by atoms with van der Waals surface area (Å²) in [5.41, 5.74) is -3.23. The quantitative estimate of drug-likeness (QED) is 0.343. The van der Waals surface area contributed by atoms with Crippen molar-refractivity contribution in [3.05, 3.63) is 47.3 Å². The zero-order valence-electron chi connectivity index (χ0n) is 16.2. The molecule has 30 heavy (non-hydrogen) atoms. The number of pyridine rings is 2. The number of hydrogen-bond acceptors (Lipinski definition) is 4. The van der Waals surface area contributed by atoms with E-state index in [1.165, 1.54) is 18.3 Å². The van der Waals surface area contributed by atoms with Gasteiger partial charge in [-0.1, -0.05) is 6.07 Å². The lowest BCUT2D eigenvalue weighted by Gasteiger charge is -2.23. The van der Waals surface area contributed by atoms with Crippen LogP contribution < -0.4 is 5.32 Å². The van der Waals surface area contributed by atoms with Crippen LogP contribution in [0.25, 0.3) is 21.8 Å². The van der Waals surface area contributed by atoms with Gasteiger partial charge in [-0.15, -0.1) is 0 Å². The van der Waals surface area contributed by atoms with Crippen LogP contribution in [0.2, 0.25) is 0 Å². The number of ketones is 1. The molecule has 2 heterocycles. The lowest BCUT2D eigenvalue weighted by Crippen LogP contribution is -2.35.